The molecule has 0 radical (unpaired) electrons. The van der Waals surface area contributed by atoms with E-state index in [1.165, 1.54) is 5.56 Å². The van der Waals surface area contributed by atoms with Gasteiger partial charge in [-0.3, -0.25) is 9.59 Å². The Morgan fingerprint density at radius 3 is 2.50 bits per heavy atom. The van der Waals surface area contributed by atoms with Crippen LogP contribution in [-0.4, -0.2) is 42.8 Å². The molecule has 5 nitrogen and oxygen atoms in total. The zero-order chi connectivity index (χ0) is 22.2. The van der Waals surface area contributed by atoms with Gasteiger partial charge < -0.3 is 15.0 Å². The van der Waals surface area contributed by atoms with Gasteiger partial charge in [0.2, 0.25) is 5.91 Å². The van der Waals surface area contributed by atoms with Crippen LogP contribution in [0.3, 0.4) is 0 Å². The standard InChI is InChI=1S/C27H28N2O3/c30-20-23-11-5-7-13-26(23)32-25-12-6-4-10-22(25)14-15-27(31)29-17-16-28-19-24(29)18-21-8-2-1-3-9-21/h1-13,20,24,28H,14-19H2. The van der Waals surface area contributed by atoms with Crippen LogP contribution in [0.1, 0.15) is 27.9 Å². The highest BCUT2D eigenvalue weighted by molar-refractivity contribution is 5.79. The van der Waals surface area contributed by atoms with E-state index in [-0.39, 0.29) is 11.9 Å². The predicted molar refractivity (Wildman–Crippen MR) is 125 cm³/mol. The van der Waals surface area contributed by atoms with E-state index in [1.54, 1.807) is 18.2 Å². The number of carbonyl (C=O) groups excluding carboxylic acids is 2. The van der Waals surface area contributed by atoms with Crippen molar-refractivity contribution in [1.29, 1.82) is 0 Å². The summed E-state index contributed by atoms with van der Waals surface area (Å²) in [4.78, 5) is 26.5. The SMILES string of the molecule is O=Cc1ccccc1Oc1ccccc1CCC(=O)N1CCNCC1Cc1ccccc1. The summed E-state index contributed by atoms with van der Waals surface area (Å²) in [6, 6.07) is 25.3. The quantitative estimate of drug-likeness (QED) is 0.545. The van der Waals surface area contributed by atoms with Crippen molar-refractivity contribution in [1.82, 2.24) is 10.2 Å². The molecule has 0 bridgehead atoms. The van der Waals surface area contributed by atoms with Crippen LogP contribution in [0.25, 0.3) is 0 Å². The monoisotopic (exact) mass is 428 g/mol. The Kier molecular flexibility index (Phi) is 7.31. The average molecular weight is 429 g/mol. The molecule has 3 aromatic carbocycles. The molecule has 164 valence electrons. The van der Waals surface area contributed by atoms with E-state index in [4.69, 9.17) is 4.74 Å². The molecule has 1 fully saturated rings. The van der Waals surface area contributed by atoms with Crippen LogP contribution in [0.4, 0.5) is 0 Å². The maximum absolute atomic E-state index is 13.2. The lowest BCUT2D eigenvalue weighted by Gasteiger charge is -2.36. The van der Waals surface area contributed by atoms with E-state index in [1.807, 2.05) is 53.4 Å². The Bertz CT molecular complexity index is 1050. The first kappa shape index (κ1) is 21.8. The van der Waals surface area contributed by atoms with Gasteiger partial charge in [-0.05, 0) is 42.2 Å². The molecule has 0 aliphatic carbocycles. The topological polar surface area (TPSA) is 58.6 Å². The second-order valence-corrected chi connectivity index (χ2v) is 8.00. The van der Waals surface area contributed by atoms with Gasteiger partial charge in [-0.2, -0.15) is 0 Å². The second kappa shape index (κ2) is 10.7. The van der Waals surface area contributed by atoms with Gasteiger partial charge in [0, 0.05) is 32.1 Å². The van der Waals surface area contributed by atoms with Crippen molar-refractivity contribution in [2.24, 2.45) is 0 Å². The Labute approximate surface area is 189 Å². The molecule has 1 aliphatic heterocycles. The minimum absolute atomic E-state index is 0.157. The number of hydrogen-bond acceptors (Lipinski definition) is 4. The molecule has 3 aromatic rings. The van der Waals surface area contributed by atoms with Gasteiger partial charge in [0.15, 0.2) is 6.29 Å². The molecule has 5 heteroatoms. The van der Waals surface area contributed by atoms with Crippen LogP contribution in [0.15, 0.2) is 78.9 Å². The molecule has 1 atom stereocenters. The van der Waals surface area contributed by atoms with Crippen LogP contribution in [0, 0.1) is 0 Å². The summed E-state index contributed by atoms with van der Waals surface area (Å²) < 4.78 is 6.04. The Hall–Kier alpha value is -3.44. The van der Waals surface area contributed by atoms with E-state index in [0.717, 1.165) is 37.9 Å². The lowest BCUT2D eigenvalue weighted by Crippen LogP contribution is -2.54. The van der Waals surface area contributed by atoms with Crippen molar-refractivity contribution >= 4 is 12.2 Å². The zero-order valence-corrected chi connectivity index (χ0v) is 18.1. The van der Waals surface area contributed by atoms with Crippen LogP contribution in [0.5, 0.6) is 11.5 Å². The fourth-order valence-corrected chi connectivity index (χ4v) is 4.14. The first-order valence-corrected chi connectivity index (χ1v) is 11.1. The summed E-state index contributed by atoms with van der Waals surface area (Å²) in [5, 5.41) is 3.42. The number of nitrogens with zero attached hydrogens (tertiary/aromatic N) is 1. The average Bonchev–Trinajstić information content (AvgIpc) is 2.84. The van der Waals surface area contributed by atoms with Crippen molar-refractivity contribution < 1.29 is 14.3 Å². The molecular weight excluding hydrogens is 400 g/mol. The van der Waals surface area contributed by atoms with Crippen LogP contribution < -0.4 is 10.1 Å². The first-order chi connectivity index (χ1) is 15.7. The first-order valence-electron chi connectivity index (χ1n) is 11.1. The molecule has 1 amide bonds. The summed E-state index contributed by atoms with van der Waals surface area (Å²) in [6.07, 6.45) is 2.64. The number of amides is 1. The number of benzene rings is 3. The third-order valence-electron chi connectivity index (χ3n) is 5.83. The summed E-state index contributed by atoms with van der Waals surface area (Å²) in [5.41, 5.74) is 2.70. The number of ether oxygens (including phenoxy) is 1. The Balaban J connectivity index is 1.42. The van der Waals surface area contributed by atoms with E-state index in [0.29, 0.717) is 29.9 Å². The van der Waals surface area contributed by atoms with E-state index in [9.17, 15) is 9.59 Å². The van der Waals surface area contributed by atoms with Gasteiger partial charge in [0.25, 0.3) is 0 Å². The number of rotatable bonds is 8. The molecule has 0 spiro atoms. The normalized spacial score (nSPS) is 15.9. The number of nitrogens with one attached hydrogen (secondary N) is 1. The molecular formula is C27H28N2O3. The van der Waals surface area contributed by atoms with Gasteiger partial charge in [-0.15, -0.1) is 0 Å². The molecule has 32 heavy (non-hydrogen) atoms. The molecule has 0 aromatic heterocycles. The van der Waals surface area contributed by atoms with Crippen molar-refractivity contribution in [2.45, 2.75) is 25.3 Å². The number of para-hydroxylation sites is 2. The van der Waals surface area contributed by atoms with E-state index >= 15 is 0 Å². The third kappa shape index (κ3) is 5.42. The summed E-state index contributed by atoms with van der Waals surface area (Å²) in [6.45, 7) is 2.35. The third-order valence-corrected chi connectivity index (χ3v) is 5.83. The van der Waals surface area contributed by atoms with E-state index in [2.05, 4.69) is 17.4 Å². The molecule has 1 aliphatic rings. The minimum Gasteiger partial charge on any atom is -0.456 e. The highest BCUT2D eigenvalue weighted by Gasteiger charge is 2.26. The molecule has 1 N–H and O–H groups in total. The van der Waals surface area contributed by atoms with Crippen molar-refractivity contribution in [3.63, 3.8) is 0 Å². The fourth-order valence-electron chi connectivity index (χ4n) is 4.14. The minimum atomic E-state index is 0.157. The van der Waals surface area contributed by atoms with Crippen LogP contribution in [0.2, 0.25) is 0 Å². The highest BCUT2D eigenvalue weighted by Crippen LogP contribution is 2.28. The van der Waals surface area contributed by atoms with Crippen molar-refractivity contribution in [3.05, 3.63) is 95.6 Å². The van der Waals surface area contributed by atoms with Gasteiger partial charge in [0.1, 0.15) is 11.5 Å². The van der Waals surface area contributed by atoms with Gasteiger partial charge in [0.05, 0.1) is 5.56 Å². The smallest absolute Gasteiger partial charge is 0.223 e. The lowest BCUT2D eigenvalue weighted by atomic mass is 10.0. The van der Waals surface area contributed by atoms with E-state index < -0.39 is 0 Å². The summed E-state index contributed by atoms with van der Waals surface area (Å²) in [5.74, 6) is 1.36. The molecule has 1 unspecified atom stereocenters. The summed E-state index contributed by atoms with van der Waals surface area (Å²) in [7, 11) is 0. The van der Waals surface area contributed by atoms with Crippen molar-refractivity contribution in [2.75, 3.05) is 19.6 Å². The molecule has 4 rings (SSSR count). The Morgan fingerprint density at radius 1 is 0.969 bits per heavy atom. The second-order valence-electron chi connectivity index (χ2n) is 8.00. The largest absolute Gasteiger partial charge is 0.456 e. The number of carbonyl (C=O) groups is 2. The van der Waals surface area contributed by atoms with Crippen LogP contribution in [-0.2, 0) is 17.6 Å². The maximum atomic E-state index is 13.2. The maximum Gasteiger partial charge on any atom is 0.223 e. The van der Waals surface area contributed by atoms with Crippen LogP contribution >= 0.6 is 0 Å². The van der Waals surface area contributed by atoms with Crippen molar-refractivity contribution in [3.8, 4) is 11.5 Å². The number of hydrogen-bond donors (Lipinski definition) is 1. The van der Waals surface area contributed by atoms with Gasteiger partial charge in [-0.25, -0.2) is 0 Å². The summed E-state index contributed by atoms with van der Waals surface area (Å²) >= 11 is 0. The molecule has 1 heterocycles. The number of aryl methyl sites for hydroxylation is 1. The zero-order valence-electron chi connectivity index (χ0n) is 18.1. The van der Waals surface area contributed by atoms with Gasteiger partial charge in [-0.1, -0.05) is 60.7 Å². The number of aldehydes is 1. The fraction of sp³-hybridized carbons (Fsp3) is 0.259. The molecule has 0 saturated carbocycles. The molecule has 1 saturated heterocycles. The Morgan fingerprint density at radius 2 is 1.69 bits per heavy atom. The predicted octanol–water partition coefficient (Wildman–Crippen LogP) is 4.27. The van der Waals surface area contributed by atoms with Gasteiger partial charge >= 0.3 is 0 Å². The highest BCUT2D eigenvalue weighted by atomic mass is 16.5. The lowest BCUT2D eigenvalue weighted by molar-refractivity contribution is -0.134. The number of piperazine rings is 1.